The van der Waals surface area contributed by atoms with Crippen molar-refractivity contribution in [1.82, 2.24) is 20.0 Å². The summed E-state index contributed by atoms with van der Waals surface area (Å²) < 4.78 is 11.4. The van der Waals surface area contributed by atoms with E-state index in [2.05, 4.69) is 15.3 Å². The van der Waals surface area contributed by atoms with Gasteiger partial charge in [0.15, 0.2) is 0 Å². The minimum absolute atomic E-state index is 0.180. The van der Waals surface area contributed by atoms with Gasteiger partial charge < -0.3 is 9.47 Å². The lowest BCUT2D eigenvalue weighted by molar-refractivity contribution is 0.0944. The van der Waals surface area contributed by atoms with Gasteiger partial charge >= 0.3 is 0 Å². The van der Waals surface area contributed by atoms with E-state index in [9.17, 15) is 4.79 Å². The van der Waals surface area contributed by atoms with Crippen molar-refractivity contribution in [2.45, 2.75) is 0 Å². The molecule has 7 heteroatoms. The SMILES string of the molecule is COc1ccc(C(=O)n2nnc3ccccc32)c(OC)n1. The number of nitrogens with zero attached hydrogens (tertiary/aromatic N) is 4. The van der Waals surface area contributed by atoms with Gasteiger partial charge in [-0.05, 0) is 18.2 Å². The number of aromatic nitrogens is 4. The van der Waals surface area contributed by atoms with Crippen LogP contribution in [0.2, 0.25) is 0 Å². The Morgan fingerprint density at radius 1 is 1.10 bits per heavy atom. The number of methoxy groups -OCH3 is 2. The Morgan fingerprint density at radius 2 is 1.90 bits per heavy atom. The normalized spacial score (nSPS) is 10.6. The molecule has 0 radical (unpaired) electrons. The molecule has 106 valence electrons. The molecule has 0 fully saturated rings. The van der Waals surface area contributed by atoms with Crippen LogP contribution in [0, 0.1) is 0 Å². The van der Waals surface area contributed by atoms with Crippen molar-refractivity contribution < 1.29 is 14.3 Å². The third kappa shape index (κ3) is 2.18. The van der Waals surface area contributed by atoms with Gasteiger partial charge in [-0.15, -0.1) is 5.10 Å². The molecular weight excluding hydrogens is 272 g/mol. The van der Waals surface area contributed by atoms with Gasteiger partial charge in [0, 0.05) is 6.07 Å². The van der Waals surface area contributed by atoms with Crippen LogP contribution in [0.4, 0.5) is 0 Å². The third-order valence-electron chi connectivity index (χ3n) is 3.01. The Hall–Kier alpha value is -2.96. The first-order valence-corrected chi connectivity index (χ1v) is 6.18. The van der Waals surface area contributed by atoms with E-state index in [0.717, 1.165) is 0 Å². The van der Waals surface area contributed by atoms with E-state index in [-0.39, 0.29) is 17.4 Å². The number of benzene rings is 1. The zero-order valence-corrected chi connectivity index (χ0v) is 11.5. The van der Waals surface area contributed by atoms with Crippen LogP contribution in [0.15, 0.2) is 36.4 Å². The Morgan fingerprint density at radius 3 is 2.67 bits per heavy atom. The predicted octanol–water partition coefficient (Wildman–Crippen LogP) is 1.53. The lowest BCUT2D eigenvalue weighted by atomic mass is 10.2. The van der Waals surface area contributed by atoms with Gasteiger partial charge in [-0.25, -0.2) is 0 Å². The average molecular weight is 284 g/mol. The molecule has 0 aliphatic carbocycles. The molecule has 2 aromatic heterocycles. The molecule has 21 heavy (non-hydrogen) atoms. The van der Waals surface area contributed by atoms with E-state index in [0.29, 0.717) is 16.9 Å². The molecule has 7 nitrogen and oxygen atoms in total. The summed E-state index contributed by atoms with van der Waals surface area (Å²) in [6.45, 7) is 0. The topological polar surface area (TPSA) is 79.1 Å². The molecule has 3 aromatic rings. The lowest BCUT2D eigenvalue weighted by Gasteiger charge is -2.08. The highest BCUT2D eigenvalue weighted by Crippen LogP contribution is 2.22. The highest BCUT2D eigenvalue weighted by molar-refractivity contribution is 6.01. The summed E-state index contributed by atoms with van der Waals surface area (Å²) in [6.07, 6.45) is 0. The van der Waals surface area contributed by atoms with Gasteiger partial charge in [0.05, 0.1) is 19.7 Å². The molecule has 0 saturated carbocycles. The summed E-state index contributed by atoms with van der Waals surface area (Å²) >= 11 is 0. The largest absolute Gasteiger partial charge is 0.481 e. The van der Waals surface area contributed by atoms with E-state index in [4.69, 9.17) is 9.47 Å². The van der Waals surface area contributed by atoms with Crippen LogP contribution in [0.3, 0.4) is 0 Å². The third-order valence-corrected chi connectivity index (χ3v) is 3.01. The second-order valence-corrected chi connectivity index (χ2v) is 4.21. The molecular formula is C14H12N4O3. The van der Waals surface area contributed by atoms with Crippen LogP contribution >= 0.6 is 0 Å². The second-order valence-electron chi connectivity index (χ2n) is 4.21. The molecule has 3 rings (SSSR count). The maximum atomic E-state index is 12.6. The fourth-order valence-corrected chi connectivity index (χ4v) is 1.99. The van der Waals surface area contributed by atoms with E-state index in [1.54, 1.807) is 24.3 Å². The van der Waals surface area contributed by atoms with Gasteiger partial charge in [-0.1, -0.05) is 17.3 Å². The number of pyridine rings is 1. The Labute approximate surface area is 120 Å². The first kappa shape index (κ1) is 13.0. The number of carbonyl (C=O) groups is 1. The van der Waals surface area contributed by atoms with Crippen LogP contribution in [0.25, 0.3) is 11.0 Å². The number of carbonyl (C=O) groups excluding carboxylic acids is 1. The molecule has 1 aromatic carbocycles. The fraction of sp³-hybridized carbons (Fsp3) is 0.143. The molecule has 0 spiro atoms. The number of hydrogen-bond acceptors (Lipinski definition) is 6. The fourth-order valence-electron chi connectivity index (χ4n) is 1.99. The van der Waals surface area contributed by atoms with Crippen LogP contribution in [-0.4, -0.2) is 40.1 Å². The van der Waals surface area contributed by atoms with Crippen molar-refractivity contribution in [3.05, 3.63) is 42.0 Å². The highest BCUT2D eigenvalue weighted by atomic mass is 16.5. The van der Waals surface area contributed by atoms with E-state index in [1.807, 2.05) is 12.1 Å². The first-order valence-electron chi connectivity index (χ1n) is 6.18. The quantitative estimate of drug-likeness (QED) is 0.725. The van der Waals surface area contributed by atoms with Gasteiger partial charge in [-0.2, -0.15) is 9.67 Å². The van der Waals surface area contributed by atoms with Crippen molar-refractivity contribution in [3.63, 3.8) is 0 Å². The maximum Gasteiger partial charge on any atom is 0.285 e. The Bertz CT molecular complexity index is 813. The first-order chi connectivity index (χ1) is 10.2. The van der Waals surface area contributed by atoms with E-state index in [1.165, 1.54) is 18.9 Å². The number of hydrogen-bond donors (Lipinski definition) is 0. The molecule has 0 bridgehead atoms. The van der Waals surface area contributed by atoms with Crippen molar-refractivity contribution in [1.29, 1.82) is 0 Å². The lowest BCUT2D eigenvalue weighted by Crippen LogP contribution is -2.15. The summed E-state index contributed by atoms with van der Waals surface area (Å²) in [4.78, 5) is 16.7. The molecule has 0 atom stereocenters. The molecule has 0 unspecified atom stereocenters. The zero-order chi connectivity index (χ0) is 14.8. The van der Waals surface area contributed by atoms with Crippen LogP contribution in [0.1, 0.15) is 10.4 Å². The summed E-state index contributed by atoms with van der Waals surface area (Å²) in [5.41, 5.74) is 1.56. The average Bonchev–Trinajstić information content (AvgIpc) is 2.97. The van der Waals surface area contributed by atoms with Crippen molar-refractivity contribution in [2.75, 3.05) is 14.2 Å². The zero-order valence-electron chi connectivity index (χ0n) is 11.5. The number of ether oxygens (including phenoxy) is 2. The summed E-state index contributed by atoms with van der Waals surface area (Å²) in [5.74, 6) is 0.182. The molecule has 0 saturated heterocycles. The van der Waals surface area contributed by atoms with Crippen molar-refractivity contribution in [3.8, 4) is 11.8 Å². The van der Waals surface area contributed by atoms with Gasteiger partial charge in [-0.3, -0.25) is 4.79 Å². The predicted molar refractivity (Wildman–Crippen MR) is 74.6 cm³/mol. The molecule has 0 aliphatic heterocycles. The maximum absolute atomic E-state index is 12.6. The van der Waals surface area contributed by atoms with Gasteiger partial charge in [0.25, 0.3) is 5.91 Å². The van der Waals surface area contributed by atoms with Crippen LogP contribution in [-0.2, 0) is 0 Å². The molecule has 0 N–H and O–H groups in total. The summed E-state index contributed by atoms with van der Waals surface area (Å²) in [5, 5.41) is 7.85. The summed E-state index contributed by atoms with van der Waals surface area (Å²) in [6, 6.07) is 10.4. The molecule has 0 aliphatic rings. The summed E-state index contributed by atoms with van der Waals surface area (Å²) in [7, 11) is 2.94. The van der Waals surface area contributed by atoms with Crippen LogP contribution in [0.5, 0.6) is 11.8 Å². The van der Waals surface area contributed by atoms with Crippen molar-refractivity contribution in [2.24, 2.45) is 0 Å². The number of fused-ring (bicyclic) bond motifs is 1. The van der Waals surface area contributed by atoms with Crippen molar-refractivity contribution >= 4 is 16.9 Å². The van der Waals surface area contributed by atoms with Gasteiger partial charge in [0.2, 0.25) is 11.8 Å². The standard InChI is InChI=1S/C14H12N4O3/c1-20-12-8-7-9(13(15-12)21-2)14(19)18-11-6-4-3-5-10(11)16-17-18/h3-8H,1-2H3. The number of rotatable bonds is 3. The van der Waals surface area contributed by atoms with E-state index >= 15 is 0 Å². The second kappa shape index (κ2) is 5.20. The minimum atomic E-state index is -0.365. The number of para-hydroxylation sites is 1. The molecule has 0 amide bonds. The minimum Gasteiger partial charge on any atom is -0.481 e. The van der Waals surface area contributed by atoms with Gasteiger partial charge in [0.1, 0.15) is 11.1 Å². The Balaban J connectivity index is 2.10. The highest BCUT2D eigenvalue weighted by Gasteiger charge is 2.19. The van der Waals surface area contributed by atoms with E-state index < -0.39 is 0 Å². The van der Waals surface area contributed by atoms with Crippen LogP contribution < -0.4 is 9.47 Å². The Kier molecular flexibility index (Phi) is 3.23. The monoisotopic (exact) mass is 284 g/mol. The smallest absolute Gasteiger partial charge is 0.285 e. The molecule has 2 heterocycles.